The van der Waals surface area contributed by atoms with Gasteiger partial charge in [-0.3, -0.25) is 0 Å². The number of hydrogen-bond acceptors (Lipinski definition) is 5. The first-order valence-corrected chi connectivity index (χ1v) is 8.09. The summed E-state index contributed by atoms with van der Waals surface area (Å²) in [6, 6.07) is 13.3. The second kappa shape index (κ2) is 7.85. The minimum atomic E-state index is -0.593. The predicted octanol–water partition coefficient (Wildman–Crippen LogP) is 4.39. The van der Waals surface area contributed by atoms with E-state index in [0.29, 0.717) is 11.5 Å². The molecule has 0 saturated heterocycles. The lowest BCUT2D eigenvalue weighted by Gasteiger charge is -1.98. The van der Waals surface area contributed by atoms with Gasteiger partial charge in [0.25, 0.3) is 5.89 Å². The van der Waals surface area contributed by atoms with Gasteiger partial charge in [0, 0.05) is 10.5 Å². The van der Waals surface area contributed by atoms with E-state index < -0.39 is 5.97 Å². The number of esters is 1. The molecule has 0 aliphatic heterocycles. The van der Waals surface area contributed by atoms with E-state index in [9.17, 15) is 9.18 Å². The predicted molar refractivity (Wildman–Crippen MR) is 92.7 cm³/mol. The fourth-order valence-corrected chi connectivity index (χ4v) is 2.47. The molecule has 3 rings (SSSR count). The van der Waals surface area contributed by atoms with Gasteiger partial charge in [-0.25, -0.2) is 9.18 Å². The molecule has 126 valence electrons. The van der Waals surface area contributed by atoms with E-state index in [0.717, 1.165) is 10.0 Å². The van der Waals surface area contributed by atoms with Crippen molar-refractivity contribution in [3.05, 3.63) is 76.4 Å². The van der Waals surface area contributed by atoms with Crippen LogP contribution in [0.25, 0.3) is 17.5 Å². The summed E-state index contributed by atoms with van der Waals surface area (Å²) in [6.45, 7) is -0.149. The molecule has 1 heterocycles. The lowest BCUT2D eigenvalue weighted by Crippen LogP contribution is -2.00. The molecule has 0 aliphatic carbocycles. The Kier molecular flexibility index (Phi) is 5.35. The summed E-state index contributed by atoms with van der Waals surface area (Å²) in [4.78, 5) is 11.7. The van der Waals surface area contributed by atoms with Gasteiger partial charge in [-0.15, -0.1) is 10.2 Å². The number of rotatable bonds is 5. The molecule has 0 aliphatic rings. The summed E-state index contributed by atoms with van der Waals surface area (Å²) in [5, 5.41) is 7.78. The molecule has 1 aromatic heterocycles. The van der Waals surface area contributed by atoms with Crippen molar-refractivity contribution in [2.75, 3.05) is 0 Å². The first-order valence-electron chi connectivity index (χ1n) is 7.29. The highest BCUT2D eigenvalue weighted by Crippen LogP contribution is 2.26. The van der Waals surface area contributed by atoms with Crippen LogP contribution in [0, 0.1) is 5.82 Å². The number of benzene rings is 2. The molecule has 0 unspecified atom stereocenters. The maximum absolute atomic E-state index is 13.1. The molecule has 0 saturated carbocycles. The Labute approximate surface area is 151 Å². The molecule has 5 nitrogen and oxygen atoms in total. The number of aromatic nitrogens is 2. The Morgan fingerprint density at radius 1 is 1.20 bits per heavy atom. The van der Waals surface area contributed by atoms with E-state index in [1.807, 2.05) is 24.3 Å². The molecule has 7 heteroatoms. The van der Waals surface area contributed by atoms with Gasteiger partial charge in [-0.05, 0) is 51.8 Å². The Morgan fingerprint density at radius 2 is 2.04 bits per heavy atom. The third-order valence-electron chi connectivity index (χ3n) is 3.17. The number of ether oxygens (including phenoxy) is 1. The topological polar surface area (TPSA) is 65.2 Å². The first kappa shape index (κ1) is 17.0. The summed E-state index contributed by atoms with van der Waals surface area (Å²) in [5.74, 6) is -0.460. The summed E-state index contributed by atoms with van der Waals surface area (Å²) in [5.41, 5.74) is 1.31. The Balaban J connectivity index is 1.59. The molecule has 0 fully saturated rings. The van der Waals surface area contributed by atoms with Crippen LogP contribution >= 0.6 is 15.9 Å². The van der Waals surface area contributed by atoms with E-state index in [1.54, 1.807) is 12.1 Å². The number of nitrogens with zero attached hydrogens (tertiary/aromatic N) is 2. The smallest absolute Gasteiger partial charge is 0.331 e. The Bertz CT molecular complexity index is 924. The number of hydrogen-bond donors (Lipinski definition) is 0. The first-order chi connectivity index (χ1) is 12.1. The van der Waals surface area contributed by atoms with Crippen LogP contribution < -0.4 is 0 Å². The van der Waals surface area contributed by atoms with Crippen LogP contribution in [0.2, 0.25) is 0 Å². The van der Waals surface area contributed by atoms with Crippen molar-refractivity contribution >= 4 is 28.0 Å². The van der Waals surface area contributed by atoms with E-state index >= 15 is 0 Å². The quantitative estimate of drug-likeness (QED) is 0.467. The van der Waals surface area contributed by atoms with Crippen LogP contribution in [-0.4, -0.2) is 16.2 Å². The fraction of sp³-hybridized carbons (Fsp3) is 0.0556. The minimum Gasteiger partial charge on any atom is -0.452 e. The SMILES string of the molecule is O=C(/C=C/c1cccc(F)c1)OCc1nnc(-c2ccccc2Br)o1. The third-order valence-corrected chi connectivity index (χ3v) is 3.86. The molecule has 0 atom stereocenters. The highest BCUT2D eigenvalue weighted by Gasteiger charge is 2.12. The van der Waals surface area contributed by atoms with Gasteiger partial charge in [0.15, 0.2) is 6.61 Å². The van der Waals surface area contributed by atoms with Crippen LogP contribution in [0.5, 0.6) is 0 Å². The highest BCUT2D eigenvalue weighted by molar-refractivity contribution is 9.10. The summed E-state index contributed by atoms with van der Waals surface area (Å²) in [7, 11) is 0. The van der Waals surface area contributed by atoms with Crippen LogP contribution in [-0.2, 0) is 16.1 Å². The van der Waals surface area contributed by atoms with Crippen molar-refractivity contribution in [1.29, 1.82) is 0 Å². The highest BCUT2D eigenvalue weighted by atomic mass is 79.9. The molecule has 2 aromatic carbocycles. The van der Waals surface area contributed by atoms with E-state index in [2.05, 4.69) is 26.1 Å². The second-order valence-electron chi connectivity index (χ2n) is 4.98. The standard InChI is InChI=1S/C18H12BrFN2O3/c19-15-7-2-1-6-14(15)18-22-21-16(25-18)11-24-17(23)9-8-12-4-3-5-13(20)10-12/h1-10H,11H2/b9-8+. The zero-order valence-corrected chi connectivity index (χ0v) is 14.4. The second-order valence-corrected chi connectivity index (χ2v) is 5.83. The molecule has 0 N–H and O–H groups in total. The molecule has 25 heavy (non-hydrogen) atoms. The maximum Gasteiger partial charge on any atom is 0.331 e. The van der Waals surface area contributed by atoms with E-state index in [-0.39, 0.29) is 18.3 Å². The summed E-state index contributed by atoms with van der Waals surface area (Å²) < 4.78 is 24.4. The van der Waals surface area contributed by atoms with Crippen molar-refractivity contribution in [3.63, 3.8) is 0 Å². The molecule has 0 spiro atoms. The van der Waals surface area contributed by atoms with Gasteiger partial charge in [0.2, 0.25) is 5.89 Å². The van der Waals surface area contributed by atoms with Crippen molar-refractivity contribution in [1.82, 2.24) is 10.2 Å². The normalized spacial score (nSPS) is 11.0. The van der Waals surface area contributed by atoms with Crippen molar-refractivity contribution in [2.24, 2.45) is 0 Å². The minimum absolute atomic E-state index is 0.149. The Hall–Kier alpha value is -2.80. The van der Waals surface area contributed by atoms with Gasteiger partial charge in [0.05, 0.1) is 5.56 Å². The average Bonchev–Trinajstić information content (AvgIpc) is 3.07. The average molecular weight is 403 g/mol. The van der Waals surface area contributed by atoms with Gasteiger partial charge < -0.3 is 9.15 Å². The van der Waals surface area contributed by atoms with Crippen molar-refractivity contribution < 1.29 is 18.3 Å². The van der Waals surface area contributed by atoms with Crippen LogP contribution in [0.15, 0.2) is 63.5 Å². The Morgan fingerprint density at radius 3 is 2.84 bits per heavy atom. The van der Waals surface area contributed by atoms with Gasteiger partial charge in [-0.1, -0.05) is 24.3 Å². The lowest BCUT2D eigenvalue weighted by atomic mass is 10.2. The number of carbonyl (C=O) groups excluding carboxylic acids is 1. The molecule has 0 amide bonds. The zero-order valence-electron chi connectivity index (χ0n) is 12.9. The van der Waals surface area contributed by atoms with Crippen molar-refractivity contribution in [2.45, 2.75) is 6.61 Å². The van der Waals surface area contributed by atoms with E-state index in [1.165, 1.54) is 24.3 Å². The summed E-state index contributed by atoms with van der Waals surface area (Å²) in [6.07, 6.45) is 2.67. The third kappa shape index (κ3) is 4.60. The van der Waals surface area contributed by atoms with Crippen LogP contribution in [0.3, 0.4) is 0 Å². The monoisotopic (exact) mass is 402 g/mol. The molecule has 0 radical (unpaired) electrons. The lowest BCUT2D eigenvalue weighted by molar-refractivity contribution is -0.139. The largest absolute Gasteiger partial charge is 0.452 e. The molecular formula is C18H12BrFN2O3. The fourth-order valence-electron chi connectivity index (χ4n) is 2.01. The van der Waals surface area contributed by atoms with Gasteiger partial charge in [-0.2, -0.15) is 0 Å². The van der Waals surface area contributed by atoms with Gasteiger partial charge >= 0.3 is 5.97 Å². The number of carbonyl (C=O) groups is 1. The van der Waals surface area contributed by atoms with Gasteiger partial charge in [0.1, 0.15) is 5.82 Å². The van der Waals surface area contributed by atoms with Crippen molar-refractivity contribution in [3.8, 4) is 11.5 Å². The molecular weight excluding hydrogens is 391 g/mol. The van der Waals surface area contributed by atoms with Crippen LogP contribution in [0.4, 0.5) is 4.39 Å². The number of halogens is 2. The zero-order chi connectivity index (χ0) is 17.6. The maximum atomic E-state index is 13.1. The molecule has 3 aromatic rings. The summed E-state index contributed by atoms with van der Waals surface area (Å²) >= 11 is 3.40. The molecule has 0 bridgehead atoms. The van der Waals surface area contributed by atoms with Crippen LogP contribution in [0.1, 0.15) is 11.5 Å². The van der Waals surface area contributed by atoms with E-state index in [4.69, 9.17) is 9.15 Å².